The molecule has 0 saturated carbocycles. The molecule has 0 aliphatic carbocycles. The number of methoxy groups -OCH3 is 2. The van der Waals surface area contributed by atoms with Crippen LogP contribution in [0.4, 0.5) is 23.1 Å². The molecule has 0 aliphatic rings. The van der Waals surface area contributed by atoms with Crippen molar-refractivity contribution in [1.29, 1.82) is 0 Å². The average molecular weight is 398 g/mol. The van der Waals surface area contributed by atoms with Gasteiger partial charge in [-0.3, -0.25) is 0 Å². The van der Waals surface area contributed by atoms with Crippen LogP contribution in [0.15, 0.2) is 84.9 Å². The minimum Gasteiger partial charge on any atom is -0.493 e. The van der Waals surface area contributed by atoms with E-state index >= 15 is 0 Å². The van der Waals surface area contributed by atoms with Crippen LogP contribution in [0, 0.1) is 0 Å². The van der Waals surface area contributed by atoms with Crippen LogP contribution >= 0.6 is 0 Å². The van der Waals surface area contributed by atoms with Crippen molar-refractivity contribution in [3.8, 4) is 22.8 Å². The van der Waals surface area contributed by atoms with Crippen molar-refractivity contribution in [3.63, 3.8) is 0 Å². The van der Waals surface area contributed by atoms with Crippen LogP contribution in [0.2, 0.25) is 0 Å². The Labute approximate surface area is 175 Å². The molecule has 0 saturated heterocycles. The molecule has 0 fully saturated rings. The molecule has 0 unspecified atom stereocenters. The summed E-state index contributed by atoms with van der Waals surface area (Å²) in [4.78, 5) is 9.34. The van der Waals surface area contributed by atoms with E-state index in [2.05, 4.69) is 15.6 Å². The van der Waals surface area contributed by atoms with Gasteiger partial charge in [-0.2, -0.15) is 4.98 Å². The molecule has 3 aromatic carbocycles. The number of nitrogens with one attached hydrogen (secondary N) is 2. The highest BCUT2D eigenvalue weighted by molar-refractivity contribution is 5.69. The smallest absolute Gasteiger partial charge is 0.229 e. The highest BCUT2D eigenvalue weighted by Gasteiger charge is 2.10. The third-order valence-electron chi connectivity index (χ3n) is 4.48. The normalized spacial score (nSPS) is 10.3. The van der Waals surface area contributed by atoms with E-state index in [0.29, 0.717) is 23.3 Å². The summed E-state index contributed by atoms with van der Waals surface area (Å²) >= 11 is 0. The minimum absolute atomic E-state index is 0.505. The predicted molar refractivity (Wildman–Crippen MR) is 120 cm³/mol. The topological polar surface area (TPSA) is 68.3 Å². The molecule has 4 aromatic rings. The molecule has 1 heterocycles. The molecule has 1 aromatic heterocycles. The lowest BCUT2D eigenvalue weighted by molar-refractivity contribution is 0.355. The Balaban J connectivity index is 1.70. The fourth-order valence-corrected chi connectivity index (χ4v) is 3.04. The summed E-state index contributed by atoms with van der Waals surface area (Å²) in [6.07, 6.45) is 0. The van der Waals surface area contributed by atoms with Gasteiger partial charge >= 0.3 is 0 Å². The third kappa shape index (κ3) is 4.50. The average Bonchev–Trinajstić information content (AvgIpc) is 2.80. The van der Waals surface area contributed by atoms with Crippen LogP contribution in [-0.4, -0.2) is 24.2 Å². The summed E-state index contributed by atoms with van der Waals surface area (Å²) in [5, 5.41) is 6.61. The Kier molecular flexibility index (Phi) is 5.75. The van der Waals surface area contributed by atoms with Crippen molar-refractivity contribution in [2.24, 2.45) is 0 Å². The van der Waals surface area contributed by atoms with E-state index in [-0.39, 0.29) is 0 Å². The van der Waals surface area contributed by atoms with E-state index in [1.54, 1.807) is 14.2 Å². The number of anilines is 4. The Morgan fingerprint density at radius 2 is 1.33 bits per heavy atom. The van der Waals surface area contributed by atoms with Gasteiger partial charge in [-0.25, -0.2) is 4.98 Å². The lowest BCUT2D eigenvalue weighted by Crippen LogP contribution is -2.02. The van der Waals surface area contributed by atoms with E-state index in [1.165, 1.54) is 0 Å². The highest BCUT2D eigenvalue weighted by Crippen LogP contribution is 2.32. The van der Waals surface area contributed by atoms with Gasteiger partial charge in [0.15, 0.2) is 11.5 Å². The SMILES string of the molecule is COc1ccc(Nc2cc(-c3ccccc3)nc(Nc3ccccc3)n2)cc1OC. The van der Waals surface area contributed by atoms with Gasteiger partial charge in [-0.15, -0.1) is 0 Å². The van der Waals surface area contributed by atoms with E-state index < -0.39 is 0 Å². The maximum absolute atomic E-state index is 5.40. The van der Waals surface area contributed by atoms with Gasteiger partial charge in [-0.05, 0) is 24.3 Å². The van der Waals surface area contributed by atoms with E-state index in [9.17, 15) is 0 Å². The zero-order chi connectivity index (χ0) is 20.8. The second kappa shape index (κ2) is 8.96. The number of hydrogen-bond acceptors (Lipinski definition) is 6. The molecule has 0 aliphatic heterocycles. The highest BCUT2D eigenvalue weighted by atomic mass is 16.5. The summed E-state index contributed by atoms with van der Waals surface area (Å²) in [5.41, 5.74) is 3.56. The fraction of sp³-hybridized carbons (Fsp3) is 0.0833. The standard InChI is InChI=1S/C24H22N4O2/c1-29-21-14-13-19(15-22(21)30-2)25-23-16-20(17-9-5-3-6-10-17)27-24(28-23)26-18-11-7-4-8-12-18/h3-16H,1-2H3,(H2,25,26,27,28). The Hall–Kier alpha value is -4.06. The molecule has 2 N–H and O–H groups in total. The minimum atomic E-state index is 0.505. The Morgan fingerprint density at radius 1 is 0.633 bits per heavy atom. The molecule has 0 amide bonds. The monoisotopic (exact) mass is 398 g/mol. The van der Waals surface area contributed by atoms with Crippen molar-refractivity contribution in [3.05, 3.63) is 84.9 Å². The third-order valence-corrected chi connectivity index (χ3v) is 4.48. The number of nitrogens with zero attached hydrogens (tertiary/aromatic N) is 2. The van der Waals surface area contributed by atoms with Crippen molar-refractivity contribution in [2.75, 3.05) is 24.9 Å². The number of ether oxygens (including phenoxy) is 2. The van der Waals surface area contributed by atoms with Gasteiger partial charge in [-0.1, -0.05) is 48.5 Å². The van der Waals surface area contributed by atoms with Gasteiger partial charge < -0.3 is 20.1 Å². The summed E-state index contributed by atoms with van der Waals surface area (Å²) in [6.45, 7) is 0. The largest absolute Gasteiger partial charge is 0.493 e. The van der Waals surface area contributed by atoms with E-state index in [4.69, 9.17) is 14.5 Å². The molecule has 30 heavy (non-hydrogen) atoms. The van der Waals surface area contributed by atoms with Crippen LogP contribution in [-0.2, 0) is 0 Å². The lowest BCUT2D eigenvalue weighted by atomic mass is 10.1. The van der Waals surface area contributed by atoms with Crippen molar-refractivity contribution in [1.82, 2.24) is 9.97 Å². The number of benzene rings is 3. The van der Waals surface area contributed by atoms with Crippen molar-refractivity contribution < 1.29 is 9.47 Å². The number of rotatable bonds is 7. The zero-order valence-corrected chi connectivity index (χ0v) is 16.8. The molecule has 0 atom stereocenters. The molecule has 150 valence electrons. The van der Waals surface area contributed by atoms with Gasteiger partial charge in [0, 0.05) is 29.1 Å². The quantitative estimate of drug-likeness (QED) is 0.419. The predicted octanol–water partition coefficient (Wildman–Crippen LogP) is 5.65. The first kappa shape index (κ1) is 19.3. The first-order valence-corrected chi connectivity index (χ1v) is 9.51. The lowest BCUT2D eigenvalue weighted by Gasteiger charge is -2.13. The molecule has 0 bridgehead atoms. The zero-order valence-electron chi connectivity index (χ0n) is 16.8. The van der Waals surface area contributed by atoms with Gasteiger partial charge in [0.1, 0.15) is 5.82 Å². The van der Waals surface area contributed by atoms with Gasteiger partial charge in [0.05, 0.1) is 19.9 Å². The summed E-state index contributed by atoms with van der Waals surface area (Å²) in [5.74, 6) is 2.48. The Morgan fingerprint density at radius 3 is 2.03 bits per heavy atom. The number of hydrogen-bond donors (Lipinski definition) is 2. The van der Waals surface area contributed by atoms with Crippen LogP contribution in [0.1, 0.15) is 0 Å². The molecular weight excluding hydrogens is 376 g/mol. The molecular formula is C24H22N4O2. The molecule has 6 heteroatoms. The van der Waals surface area contributed by atoms with Crippen LogP contribution in [0.3, 0.4) is 0 Å². The van der Waals surface area contributed by atoms with Crippen molar-refractivity contribution >= 4 is 23.1 Å². The first-order chi connectivity index (χ1) is 14.7. The van der Waals surface area contributed by atoms with Crippen molar-refractivity contribution in [2.45, 2.75) is 0 Å². The maximum atomic E-state index is 5.40. The Bertz CT molecular complexity index is 1120. The number of para-hydroxylation sites is 1. The van der Waals surface area contributed by atoms with Crippen LogP contribution < -0.4 is 20.1 Å². The second-order valence-electron chi connectivity index (χ2n) is 6.51. The molecule has 6 nitrogen and oxygen atoms in total. The van der Waals surface area contributed by atoms with E-state index in [1.807, 2.05) is 84.9 Å². The van der Waals surface area contributed by atoms with Gasteiger partial charge in [0.2, 0.25) is 5.95 Å². The van der Waals surface area contributed by atoms with Crippen LogP contribution in [0.25, 0.3) is 11.3 Å². The van der Waals surface area contributed by atoms with Gasteiger partial charge in [0.25, 0.3) is 0 Å². The molecule has 0 spiro atoms. The molecule has 0 radical (unpaired) electrons. The maximum Gasteiger partial charge on any atom is 0.229 e. The summed E-state index contributed by atoms with van der Waals surface area (Å²) < 4.78 is 10.7. The molecule has 4 rings (SSSR count). The second-order valence-corrected chi connectivity index (χ2v) is 6.51. The number of aromatic nitrogens is 2. The first-order valence-electron chi connectivity index (χ1n) is 9.51. The summed E-state index contributed by atoms with van der Waals surface area (Å²) in [7, 11) is 3.23. The van der Waals surface area contributed by atoms with E-state index in [0.717, 1.165) is 22.6 Å². The van der Waals surface area contributed by atoms with Crippen LogP contribution in [0.5, 0.6) is 11.5 Å². The summed E-state index contributed by atoms with van der Waals surface area (Å²) in [6, 6.07) is 27.4. The fourth-order valence-electron chi connectivity index (χ4n) is 3.04.